The molecular weight excluding hydrogens is 112 g/mol. The second kappa shape index (κ2) is 7.28. The molecule has 0 aliphatic carbocycles. The highest BCUT2D eigenvalue weighted by molar-refractivity contribution is 4.98. The van der Waals surface area contributed by atoms with Crippen molar-refractivity contribution in [3.63, 3.8) is 0 Å². The van der Waals surface area contributed by atoms with Crippen molar-refractivity contribution in [2.24, 2.45) is 0 Å². The third-order valence-corrected chi connectivity index (χ3v) is 1.05. The Balaban J connectivity index is 3.04. The zero-order valence-electron chi connectivity index (χ0n) is 5.84. The van der Waals surface area contributed by atoms with Gasteiger partial charge in [-0.1, -0.05) is 31.9 Å². The van der Waals surface area contributed by atoms with Gasteiger partial charge in [-0.25, -0.2) is 0 Å². The first-order valence-electron chi connectivity index (χ1n) is 3.35. The topological polar surface area (TPSA) is 19.9 Å². The van der Waals surface area contributed by atoms with E-state index in [1.54, 1.807) is 6.08 Å². The van der Waals surface area contributed by atoms with Gasteiger partial charge in [-0.15, -0.1) is 0 Å². The lowest BCUT2D eigenvalue weighted by Gasteiger charge is -1.84. The van der Waals surface area contributed by atoms with E-state index in [-0.39, 0.29) is 0 Å². The molecule has 0 unspecified atom stereocenters. The SMILES string of the molecule is CCCC/C=C/C=C/[O]. The van der Waals surface area contributed by atoms with Gasteiger partial charge in [0.15, 0.2) is 0 Å². The lowest BCUT2D eigenvalue weighted by molar-refractivity contribution is 0.352. The summed E-state index contributed by atoms with van der Waals surface area (Å²) in [6, 6.07) is 0. The Bertz CT molecular complexity index is 92.7. The Morgan fingerprint density at radius 3 is 2.67 bits per heavy atom. The van der Waals surface area contributed by atoms with Crippen LogP contribution in [0.15, 0.2) is 24.5 Å². The van der Waals surface area contributed by atoms with Crippen molar-refractivity contribution in [1.82, 2.24) is 0 Å². The van der Waals surface area contributed by atoms with Gasteiger partial charge in [0.05, 0.1) is 0 Å². The summed E-state index contributed by atoms with van der Waals surface area (Å²) in [5.41, 5.74) is 0. The molecule has 0 aliphatic rings. The molecule has 1 heteroatoms. The first kappa shape index (κ1) is 8.28. The summed E-state index contributed by atoms with van der Waals surface area (Å²) >= 11 is 0. The molecule has 0 aliphatic heterocycles. The van der Waals surface area contributed by atoms with Crippen LogP contribution >= 0.6 is 0 Å². The summed E-state index contributed by atoms with van der Waals surface area (Å²) in [6.07, 6.45) is 9.62. The van der Waals surface area contributed by atoms with E-state index in [1.165, 1.54) is 18.9 Å². The molecule has 1 radical (unpaired) electrons. The first-order valence-corrected chi connectivity index (χ1v) is 3.35. The molecule has 9 heavy (non-hydrogen) atoms. The molecule has 0 aromatic carbocycles. The van der Waals surface area contributed by atoms with Crippen molar-refractivity contribution in [1.29, 1.82) is 0 Å². The summed E-state index contributed by atoms with van der Waals surface area (Å²) in [5, 5.41) is 9.73. The number of hydrogen-bond acceptors (Lipinski definition) is 0. The van der Waals surface area contributed by atoms with Crippen LogP contribution in [0.2, 0.25) is 0 Å². The molecule has 0 saturated heterocycles. The Labute approximate surface area is 56.7 Å². The van der Waals surface area contributed by atoms with E-state index in [0.29, 0.717) is 0 Å². The van der Waals surface area contributed by atoms with Crippen molar-refractivity contribution >= 4 is 0 Å². The van der Waals surface area contributed by atoms with Gasteiger partial charge in [0.2, 0.25) is 0 Å². The second-order valence-corrected chi connectivity index (χ2v) is 1.90. The van der Waals surface area contributed by atoms with Crippen molar-refractivity contribution in [3.05, 3.63) is 24.5 Å². The van der Waals surface area contributed by atoms with E-state index in [4.69, 9.17) is 0 Å². The Morgan fingerprint density at radius 2 is 2.11 bits per heavy atom. The number of allylic oxidation sites excluding steroid dienone is 3. The number of unbranched alkanes of at least 4 members (excludes halogenated alkanes) is 2. The molecule has 0 rings (SSSR count). The molecule has 0 N–H and O–H groups in total. The van der Waals surface area contributed by atoms with Gasteiger partial charge < -0.3 is 0 Å². The molecule has 1 nitrogen and oxygen atoms in total. The van der Waals surface area contributed by atoms with Crippen molar-refractivity contribution in [2.75, 3.05) is 0 Å². The fraction of sp³-hybridized carbons (Fsp3) is 0.500. The molecule has 0 heterocycles. The third kappa shape index (κ3) is 7.28. The van der Waals surface area contributed by atoms with Gasteiger partial charge >= 0.3 is 0 Å². The molecule has 0 aromatic rings. The Kier molecular flexibility index (Phi) is 6.70. The van der Waals surface area contributed by atoms with Gasteiger partial charge in [0.1, 0.15) is 6.26 Å². The van der Waals surface area contributed by atoms with Crippen molar-refractivity contribution < 1.29 is 5.11 Å². The normalized spacial score (nSPS) is 11.7. The molecular formula is C8H13O. The number of hydrogen-bond donors (Lipinski definition) is 0. The van der Waals surface area contributed by atoms with Crippen LogP contribution in [0.1, 0.15) is 26.2 Å². The Hall–Kier alpha value is -0.720. The second-order valence-electron chi connectivity index (χ2n) is 1.90. The summed E-state index contributed by atoms with van der Waals surface area (Å²) in [6.45, 7) is 2.15. The van der Waals surface area contributed by atoms with Crippen LogP contribution in [0.4, 0.5) is 0 Å². The predicted molar refractivity (Wildman–Crippen MR) is 38.5 cm³/mol. The highest BCUT2D eigenvalue weighted by Crippen LogP contribution is 1.94. The highest BCUT2D eigenvalue weighted by atomic mass is 16.2. The van der Waals surface area contributed by atoms with Gasteiger partial charge in [-0.05, 0) is 12.5 Å². The van der Waals surface area contributed by atoms with Crippen molar-refractivity contribution in [2.45, 2.75) is 26.2 Å². The average Bonchev–Trinajstić information content (AvgIpc) is 1.89. The quantitative estimate of drug-likeness (QED) is 0.313. The monoisotopic (exact) mass is 125 g/mol. The van der Waals surface area contributed by atoms with Gasteiger partial charge in [0, 0.05) is 0 Å². The highest BCUT2D eigenvalue weighted by Gasteiger charge is 1.74. The lowest BCUT2D eigenvalue weighted by Crippen LogP contribution is -1.64. The van der Waals surface area contributed by atoms with Gasteiger partial charge in [0.25, 0.3) is 0 Å². The number of rotatable bonds is 4. The average molecular weight is 125 g/mol. The first-order chi connectivity index (χ1) is 4.41. The standard InChI is InChI=1S/C8H13O/c1-2-3-4-5-6-7-8-9/h5-8H,2-4H2,1H3/b6-5+,8-7+. The fourth-order valence-corrected chi connectivity index (χ4v) is 0.542. The minimum atomic E-state index is 0.794. The van der Waals surface area contributed by atoms with Gasteiger partial charge in [-0.2, -0.15) is 0 Å². The van der Waals surface area contributed by atoms with E-state index >= 15 is 0 Å². The zero-order chi connectivity index (χ0) is 6.95. The molecule has 0 saturated carbocycles. The van der Waals surface area contributed by atoms with Crippen LogP contribution in [0.5, 0.6) is 0 Å². The van der Waals surface area contributed by atoms with Crippen molar-refractivity contribution in [3.8, 4) is 0 Å². The maximum absolute atomic E-state index is 9.73. The fourth-order valence-electron chi connectivity index (χ4n) is 0.542. The maximum Gasteiger partial charge on any atom is 0.142 e. The largest absolute Gasteiger partial charge is 0.299 e. The van der Waals surface area contributed by atoms with E-state index in [1.807, 2.05) is 6.08 Å². The summed E-state index contributed by atoms with van der Waals surface area (Å²) < 4.78 is 0. The van der Waals surface area contributed by atoms with Crippen LogP contribution in [-0.2, 0) is 5.11 Å². The van der Waals surface area contributed by atoms with Crippen LogP contribution < -0.4 is 0 Å². The maximum atomic E-state index is 9.73. The van der Waals surface area contributed by atoms with E-state index < -0.39 is 0 Å². The predicted octanol–water partition coefficient (Wildman–Crippen LogP) is 2.68. The molecule has 0 fully saturated rings. The zero-order valence-corrected chi connectivity index (χ0v) is 5.84. The molecule has 0 bridgehead atoms. The van der Waals surface area contributed by atoms with Gasteiger partial charge in [-0.3, -0.25) is 5.11 Å². The van der Waals surface area contributed by atoms with Crippen LogP contribution in [0.25, 0.3) is 0 Å². The molecule has 0 atom stereocenters. The third-order valence-electron chi connectivity index (χ3n) is 1.05. The molecule has 0 spiro atoms. The minimum Gasteiger partial charge on any atom is -0.299 e. The summed E-state index contributed by atoms with van der Waals surface area (Å²) in [4.78, 5) is 0. The van der Waals surface area contributed by atoms with E-state index in [9.17, 15) is 5.11 Å². The Morgan fingerprint density at radius 1 is 1.33 bits per heavy atom. The summed E-state index contributed by atoms with van der Waals surface area (Å²) in [5.74, 6) is 0. The smallest absolute Gasteiger partial charge is 0.142 e. The van der Waals surface area contributed by atoms with E-state index in [0.717, 1.165) is 12.7 Å². The minimum absolute atomic E-state index is 0.794. The van der Waals surface area contributed by atoms with Crippen LogP contribution in [-0.4, -0.2) is 0 Å². The molecule has 0 amide bonds. The molecule has 51 valence electrons. The lowest BCUT2D eigenvalue weighted by atomic mass is 10.2. The van der Waals surface area contributed by atoms with E-state index in [2.05, 4.69) is 6.92 Å². The molecule has 0 aromatic heterocycles. The summed E-state index contributed by atoms with van der Waals surface area (Å²) in [7, 11) is 0. The van der Waals surface area contributed by atoms with Crippen LogP contribution in [0, 0.1) is 0 Å². The van der Waals surface area contributed by atoms with Crippen LogP contribution in [0.3, 0.4) is 0 Å².